The van der Waals surface area contributed by atoms with Crippen LogP contribution in [0.3, 0.4) is 0 Å². The Labute approximate surface area is 209 Å². The van der Waals surface area contributed by atoms with Crippen molar-refractivity contribution in [3.05, 3.63) is 108 Å². The third-order valence-electron chi connectivity index (χ3n) is 6.25. The lowest BCUT2D eigenvalue weighted by Crippen LogP contribution is -2.29. The van der Waals surface area contributed by atoms with E-state index in [-0.39, 0.29) is 17.6 Å². The SMILES string of the molecule is CC(C)c1ccc(N2C(=S)N[C@@H](c3ccccn3)[C@H]2c2ccc(-c3cccc(C(=O)O)c3)o2)cc1. The first-order chi connectivity index (χ1) is 16.9. The molecule has 5 rings (SSSR count). The van der Waals surface area contributed by atoms with Crippen molar-refractivity contribution in [2.75, 3.05) is 4.90 Å². The van der Waals surface area contributed by atoms with E-state index in [0.717, 1.165) is 11.4 Å². The van der Waals surface area contributed by atoms with E-state index in [9.17, 15) is 9.90 Å². The van der Waals surface area contributed by atoms with Crippen LogP contribution in [0.2, 0.25) is 0 Å². The van der Waals surface area contributed by atoms with Crippen LogP contribution in [0.1, 0.15) is 59.2 Å². The zero-order chi connectivity index (χ0) is 24.5. The monoisotopic (exact) mass is 483 g/mol. The second kappa shape index (κ2) is 9.35. The van der Waals surface area contributed by atoms with Crippen molar-refractivity contribution in [3.8, 4) is 11.3 Å². The Balaban J connectivity index is 1.57. The molecule has 1 aliphatic rings. The van der Waals surface area contributed by atoms with Crippen molar-refractivity contribution < 1.29 is 14.3 Å². The fourth-order valence-corrected chi connectivity index (χ4v) is 4.76. The summed E-state index contributed by atoms with van der Waals surface area (Å²) in [5, 5.41) is 13.4. The van der Waals surface area contributed by atoms with E-state index >= 15 is 0 Å². The molecule has 1 aliphatic heterocycles. The molecule has 176 valence electrons. The maximum atomic E-state index is 11.4. The molecule has 2 atom stereocenters. The molecule has 7 heteroatoms. The number of aromatic nitrogens is 1. The summed E-state index contributed by atoms with van der Waals surface area (Å²) < 4.78 is 6.34. The molecular formula is C28H25N3O3S. The van der Waals surface area contributed by atoms with Crippen LogP contribution >= 0.6 is 12.2 Å². The highest BCUT2D eigenvalue weighted by molar-refractivity contribution is 7.80. The summed E-state index contributed by atoms with van der Waals surface area (Å²) in [6.45, 7) is 4.33. The van der Waals surface area contributed by atoms with E-state index in [1.54, 1.807) is 24.4 Å². The average Bonchev–Trinajstić information content (AvgIpc) is 3.49. The van der Waals surface area contributed by atoms with Gasteiger partial charge < -0.3 is 19.7 Å². The second-order valence-electron chi connectivity index (χ2n) is 8.83. The van der Waals surface area contributed by atoms with Gasteiger partial charge >= 0.3 is 5.97 Å². The van der Waals surface area contributed by atoms with Crippen molar-refractivity contribution in [2.24, 2.45) is 0 Å². The molecule has 6 nitrogen and oxygen atoms in total. The van der Waals surface area contributed by atoms with Crippen molar-refractivity contribution >= 4 is 29.0 Å². The molecule has 2 aromatic carbocycles. The first kappa shape index (κ1) is 22.8. The summed E-state index contributed by atoms with van der Waals surface area (Å²) in [5.74, 6) is 0.752. The number of hydrogen-bond acceptors (Lipinski definition) is 4. The van der Waals surface area contributed by atoms with Gasteiger partial charge in [-0.2, -0.15) is 0 Å². The van der Waals surface area contributed by atoms with Crippen molar-refractivity contribution in [2.45, 2.75) is 31.8 Å². The van der Waals surface area contributed by atoms with Crippen molar-refractivity contribution in [3.63, 3.8) is 0 Å². The van der Waals surface area contributed by atoms with E-state index in [0.29, 0.717) is 28.1 Å². The zero-order valence-corrected chi connectivity index (χ0v) is 20.2. The highest BCUT2D eigenvalue weighted by Gasteiger charge is 2.42. The number of hydrogen-bond donors (Lipinski definition) is 2. The van der Waals surface area contributed by atoms with Gasteiger partial charge in [0.15, 0.2) is 5.11 Å². The van der Waals surface area contributed by atoms with Crippen LogP contribution in [0.15, 0.2) is 89.5 Å². The van der Waals surface area contributed by atoms with Gasteiger partial charge in [-0.25, -0.2) is 4.79 Å². The van der Waals surface area contributed by atoms with Crippen molar-refractivity contribution in [1.29, 1.82) is 0 Å². The van der Waals surface area contributed by atoms with Crippen LogP contribution < -0.4 is 10.2 Å². The van der Waals surface area contributed by atoms with Crippen molar-refractivity contribution in [1.82, 2.24) is 10.3 Å². The number of carboxylic acids is 1. The minimum Gasteiger partial charge on any atom is -0.478 e. The van der Waals surface area contributed by atoms with Gasteiger partial charge in [0.25, 0.3) is 0 Å². The van der Waals surface area contributed by atoms with Gasteiger partial charge in [-0.1, -0.05) is 44.2 Å². The smallest absolute Gasteiger partial charge is 0.335 e. The Morgan fingerprint density at radius 1 is 1.06 bits per heavy atom. The Morgan fingerprint density at radius 2 is 1.86 bits per heavy atom. The number of furan rings is 1. The standard InChI is InChI=1S/C28H25N3O3S/c1-17(2)18-9-11-21(12-10-18)31-26(25(30-28(31)35)22-8-3-4-15-29-22)24-14-13-23(34-24)19-6-5-7-20(16-19)27(32)33/h3-17,25-26H,1-2H3,(H,30,35)(H,32,33)/t25-,26+/m0/s1. The van der Waals surface area contributed by atoms with E-state index in [1.165, 1.54) is 5.56 Å². The predicted octanol–water partition coefficient (Wildman–Crippen LogP) is 6.34. The van der Waals surface area contributed by atoms with Crippen LogP contribution in [0.5, 0.6) is 0 Å². The molecule has 0 bridgehead atoms. The predicted molar refractivity (Wildman–Crippen MR) is 140 cm³/mol. The quantitative estimate of drug-likeness (QED) is 0.310. The number of pyridine rings is 1. The maximum absolute atomic E-state index is 11.4. The molecule has 1 fully saturated rings. The highest BCUT2D eigenvalue weighted by atomic mass is 32.1. The molecule has 35 heavy (non-hydrogen) atoms. The van der Waals surface area contributed by atoms with E-state index in [1.807, 2.05) is 36.4 Å². The van der Waals surface area contributed by atoms with Crippen LogP contribution in [0, 0.1) is 0 Å². The number of nitrogens with one attached hydrogen (secondary N) is 1. The Kier molecular flexibility index (Phi) is 6.09. The molecule has 0 saturated carbocycles. The maximum Gasteiger partial charge on any atom is 0.335 e. The number of rotatable bonds is 6. The highest BCUT2D eigenvalue weighted by Crippen LogP contribution is 2.43. The van der Waals surface area contributed by atoms with Gasteiger partial charge in [0, 0.05) is 17.4 Å². The van der Waals surface area contributed by atoms with Gasteiger partial charge in [0.05, 0.1) is 17.3 Å². The number of nitrogens with zero attached hydrogens (tertiary/aromatic N) is 2. The Bertz CT molecular complexity index is 1370. The molecule has 3 heterocycles. The summed E-state index contributed by atoms with van der Waals surface area (Å²) in [7, 11) is 0. The molecule has 2 aromatic heterocycles. The number of aromatic carboxylic acids is 1. The largest absolute Gasteiger partial charge is 0.478 e. The number of anilines is 1. The average molecular weight is 484 g/mol. The fraction of sp³-hybridized carbons (Fsp3) is 0.179. The van der Waals surface area contributed by atoms with E-state index in [4.69, 9.17) is 16.6 Å². The molecule has 0 radical (unpaired) electrons. The first-order valence-corrected chi connectivity index (χ1v) is 11.9. The lowest BCUT2D eigenvalue weighted by Gasteiger charge is -2.26. The Morgan fingerprint density at radius 3 is 2.54 bits per heavy atom. The molecular weight excluding hydrogens is 458 g/mol. The molecule has 4 aromatic rings. The molecule has 0 unspecified atom stereocenters. The number of thiocarbonyl (C=S) groups is 1. The summed E-state index contributed by atoms with van der Waals surface area (Å²) in [6.07, 6.45) is 1.77. The number of carboxylic acid groups (broad SMARTS) is 1. The lowest BCUT2D eigenvalue weighted by atomic mass is 10.0. The fourth-order valence-electron chi connectivity index (χ4n) is 4.41. The number of benzene rings is 2. The topological polar surface area (TPSA) is 78.6 Å². The summed E-state index contributed by atoms with van der Waals surface area (Å²) in [4.78, 5) is 18.1. The van der Waals surface area contributed by atoms with Gasteiger partial charge in [0.2, 0.25) is 0 Å². The van der Waals surface area contributed by atoms with Gasteiger partial charge in [-0.15, -0.1) is 0 Å². The normalized spacial score (nSPS) is 17.6. The van der Waals surface area contributed by atoms with E-state index < -0.39 is 5.97 Å². The van der Waals surface area contributed by atoms with Gasteiger partial charge in [-0.05, 0) is 72.2 Å². The second-order valence-corrected chi connectivity index (χ2v) is 9.22. The minimum absolute atomic E-state index is 0.211. The molecule has 0 amide bonds. The Hall–Kier alpha value is -3.97. The van der Waals surface area contributed by atoms with Crippen LogP contribution in [0.4, 0.5) is 5.69 Å². The lowest BCUT2D eigenvalue weighted by molar-refractivity contribution is 0.0697. The number of carbonyl (C=O) groups is 1. The van der Waals surface area contributed by atoms with Gasteiger partial charge in [0.1, 0.15) is 17.6 Å². The van der Waals surface area contributed by atoms with Gasteiger partial charge in [-0.3, -0.25) is 4.98 Å². The minimum atomic E-state index is -0.977. The molecule has 2 N–H and O–H groups in total. The van der Waals surface area contributed by atoms with Crippen LogP contribution in [-0.2, 0) is 0 Å². The van der Waals surface area contributed by atoms with Crippen LogP contribution in [0.25, 0.3) is 11.3 Å². The third-order valence-corrected chi connectivity index (χ3v) is 6.56. The van der Waals surface area contributed by atoms with Crippen LogP contribution in [-0.4, -0.2) is 21.2 Å². The zero-order valence-electron chi connectivity index (χ0n) is 19.4. The summed E-state index contributed by atoms with van der Waals surface area (Å²) in [5.41, 5.74) is 3.98. The summed E-state index contributed by atoms with van der Waals surface area (Å²) in [6, 6.07) is 24.2. The third kappa shape index (κ3) is 4.42. The molecule has 0 aliphatic carbocycles. The molecule has 0 spiro atoms. The van der Waals surface area contributed by atoms with E-state index in [2.05, 4.69) is 53.3 Å². The molecule has 1 saturated heterocycles. The summed E-state index contributed by atoms with van der Waals surface area (Å²) >= 11 is 5.79. The first-order valence-electron chi connectivity index (χ1n) is 11.5.